The molecule has 0 saturated carbocycles. The van der Waals surface area contributed by atoms with Crippen molar-refractivity contribution < 1.29 is 13.2 Å². The third-order valence-corrected chi connectivity index (χ3v) is 5.70. The zero-order valence-corrected chi connectivity index (χ0v) is 16.4. The summed E-state index contributed by atoms with van der Waals surface area (Å²) in [6.45, 7) is 3.81. The van der Waals surface area contributed by atoms with Gasteiger partial charge in [-0.2, -0.15) is 13.2 Å². The van der Waals surface area contributed by atoms with Gasteiger partial charge in [0.1, 0.15) is 5.69 Å². The quantitative estimate of drug-likeness (QED) is 0.712. The molecule has 0 spiro atoms. The molecular weight excluding hydrogens is 373 g/mol. The van der Waals surface area contributed by atoms with Gasteiger partial charge in [0.15, 0.2) is 5.16 Å². The number of aryl methyl sites for hydroxylation is 1. The van der Waals surface area contributed by atoms with E-state index in [2.05, 4.69) is 33.9 Å². The molecule has 1 aliphatic heterocycles. The van der Waals surface area contributed by atoms with E-state index < -0.39 is 11.9 Å². The Hall–Kier alpha value is -1.80. The fourth-order valence-electron chi connectivity index (χ4n) is 3.23. The van der Waals surface area contributed by atoms with E-state index in [1.165, 1.54) is 11.8 Å². The number of aromatic nitrogens is 2. The number of halogens is 3. The van der Waals surface area contributed by atoms with Gasteiger partial charge in [0.2, 0.25) is 0 Å². The molecule has 8 heteroatoms. The van der Waals surface area contributed by atoms with Gasteiger partial charge >= 0.3 is 6.18 Å². The molecule has 0 amide bonds. The van der Waals surface area contributed by atoms with E-state index in [0.29, 0.717) is 6.04 Å². The second-order valence-corrected chi connectivity index (χ2v) is 7.99. The van der Waals surface area contributed by atoms with Crippen LogP contribution < -0.4 is 4.90 Å². The van der Waals surface area contributed by atoms with Crippen LogP contribution in [0.5, 0.6) is 0 Å². The minimum absolute atomic E-state index is 0.111. The van der Waals surface area contributed by atoms with Crippen LogP contribution in [0.15, 0.2) is 40.5 Å². The SMILES string of the molecule is Cc1ccc(N2CCC(N(C)C)CC2)c(Sc2nccc(C(F)(F)F)n2)c1. The van der Waals surface area contributed by atoms with E-state index in [0.717, 1.165) is 54.3 Å². The van der Waals surface area contributed by atoms with Gasteiger partial charge in [0.25, 0.3) is 0 Å². The van der Waals surface area contributed by atoms with E-state index in [1.807, 2.05) is 25.1 Å². The zero-order chi connectivity index (χ0) is 19.6. The van der Waals surface area contributed by atoms with E-state index >= 15 is 0 Å². The molecule has 0 atom stereocenters. The minimum atomic E-state index is -4.47. The normalized spacial score (nSPS) is 16.2. The number of anilines is 1. The lowest BCUT2D eigenvalue weighted by molar-refractivity contribution is -0.141. The maximum atomic E-state index is 12.9. The largest absolute Gasteiger partial charge is 0.433 e. The van der Waals surface area contributed by atoms with Crippen molar-refractivity contribution >= 4 is 17.4 Å². The van der Waals surface area contributed by atoms with Gasteiger partial charge in [0, 0.05) is 30.2 Å². The molecule has 27 heavy (non-hydrogen) atoms. The summed E-state index contributed by atoms with van der Waals surface area (Å²) in [6.07, 6.45) is -1.19. The van der Waals surface area contributed by atoms with Crippen LogP contribution in [0, 0.1) is 6.92 Å². The fourth-order valence-corrected chi connectivity index (χ4v) is 4.23. The second kappa shape index (κ2) is 8.06. The lowest BCUT2D eigenvalue weighted by Crippen LogP contribution is -2.42. The maximum absolute atomic E-state index is 12.9. The first-order chi connectivity index (χ1) is 12.7. The molecule has 4 nitrogen and oxygen atoms in total. The van der Waals surface area contributed by atoms with Crippen LogP contribution in [-0.4, -0.2) is 48.1 Å². The predicted molar refractivity (Wildman–Crippen MR) is 101 cm³/mol. The Balaban J connectivity index is 1.83. The molecule has 1 aliphatic rings. The number of hydrogen-bond acceptors (Lipinski definition) is 5. The third-order valence-electron chi connectivity index (χ3n) is 4.78. The van der Waals surface area contributed by atoms with Crippen LogP contribution in [0.3, 0.4) is 0 Å². The Bertz CT molecular complexity index is 787. The van der Waals surface area contributed by atoms with Crippen molar-refractivity contribution in [1.82, 2.24) is 14.9 Å². The van der Waals surface area contributed by atoms with Crippen LogP contribution in [0.2, 0.25) is 0 Å². The van der Waals surface area contributed by atoms with Crippen molar-refractivity contribution in [3.05, 3.63) is 41.7 Å². The molecule has 0 radical (unpaired) electrons. The molecular formula is C19H23F3N4S. The summed E-state index contributed by atoms with van der Waals surface area (Å²) in [7, 11) is 4.19. The summed E-state index contributed by atoms with van der Waals surface area (Å²) in [5, 5.41) is 0.111. The fraction of sp³-hybridized carbons (Fsp3) is 0.474. The van der Waals surface area contributed by atoms with Gasteiger partial charge in [0.05, 0.1) is 5.69 Å². The lowest BCUT2D eigenvalue weighted by atomic mass is 10.0. The number of nitrogens with zero attached hydrogens (tertiary/aromatic N) is 4. The minimum Gasteiger partial charge on any atom is -0.371 e. The van der Waals surface area contributed by atoms with Crippen LogP contribution in [-0.2, 0) is 6.18 Å². The summed E-state index contributed by atoms with van der Waals surface area (Å²) in [5.74, 6) is 0. The average Bonchev–Trinajstić information content (AvgIpc) is 2.61. The molecule has 2 heterocycles. The molecule has 146 valence electrons. The Morgan fingerprint density at radius 3 is 2.48 bits per heavy atom. The first-order valence-corrected chi connectivity index (χ1v) is 9.66. The molecule has 2 aromatic rings. The Labute approximate surface area is 161 Å². The lowest BCUT2D eigenvalue weighted by Gasteiger charge is -2.37. The van der Waals surface area contributed by atoms with Crippen molar-refractivity contribution in [1.29, 1.82) is 0 Å². The van der Waals surface area contributed by atoms with Crippen molar-refractivity contribution in [2.45, 2.75) is 42.0 Å². The summed E-state index contributed by atoms with van der Waals surface area (Å²) < 4.78 is 38.8. The molecule has 0 N–H and O–H groups in total. The van der Waals surface area contributed by atoms with Gasteiger partial charge in [-0.15, -0.1) is 0 Å². The van der Waals surface area contributed by atoms with E-state index in [9.17, 15) is 13.2 Å². The van der Waals surface area contributed by atoms with Gasteiger partial charge in [-0.25, -0.2) is 9.97 Å². The number of piperidine rings is 1. The summed E-state index contributed by atoms with van der Waals surface area (Å²) in [5.41, 5.74) is 1.17. The number of benzene rings is 1. The Morgan fingerprint density at radius 2 is 1.85 bits per heavy atom. The van der Waals surface area contributed by atoms with E-state index in [1.54, 1.807) is 0 Å². The van der Waals surface area contributed by atoms with Crippen molar-refractivity contribution in [3.63, 3.8) is 0 Å². The highest BCUT2D eigenvalue weighted by Gasteiger charge is 2.33. The standard InChI is InChI=1S/C19H23F3N4S/c1-13-4-5-15(26-10-7-14(8-11-26)25(2)3)16(12-13)27-18-23-9-6-17(24-18)19(20,21)22/h4-6,9,12,14H,7-8,10-11H2,1-3H3. The Morgan fingerprint density at radius 1 is 1.15 bits per heavy atom. The van der Waals surface area contributed by atoms with Crippen LogP contribution in [0.4, 0.5) is 18.9 Å². The summed E-state index contributed by atoms with van der Waals surface area (Å²) in [4.78, 5) is 13.2. The monoisotopic (exact) mass is 396 g/mol. The van der Waals surface area contributed by atoms with Gasteiger partial charge in [-0.05, 0) is 69.4 Å². The van der Waals surface area contributed by atoms with E-state index in [-0.39, 0.29) is 5.16 Å². The molecule has 3 rings (SSSR count). The van der Waals surface area contributed by atoms with Crippen molar-refractivity contribution in [2.24, 2.45) is 0 Å². The van der Waals surface area contributed by atoms with Crippen molar-refractivity contribution in [2.75, 3.05) is 32.1 Å². The number of rotatable bonds is 4. The first kappa shape index (κ1) is 19.9. The summed E-state index contributed by atoms with van der Waals surface area (Å²) >= 11 is 1.19. The van der Waals surface area contributed by atoms with Crippen molar-refractivity contribution in [3.8, 4) is 0 Å². The molecule has 0 bridgehead atoms. The average molecular weight is 396 g/mol. The van der Waals surface area contributed by atoms with Gasteiger partial charge < -0.3 is 9.80 Å². The zero-order valence-electron chi connectivity index (χ0n) is 15.6. The molecule has 1 saturated heterocycles. The highest BCUT2D eigenvalue weighted by atomic mass is 32.2. The molecule has 0 unspecified atom stereocenters. The summed E-state index contributed by atoms with van der Waals surface area (Å²) in [6, 6.07) is 7.52. The smallest absolute Gasteiger partial charge is 0.371 e. The maximum Gasteiger partial charge on any atom is 0.433 e. The van der Waals surface area contributed by atoms with Gasteiger partial charge in [-0.3, -0.25) is 0 Å². The number of alkyl halides is 3. The first-order valence-electron chi connectivity index (χ1n) is 8.84. The molecule has 1 aromatic heterocycles. The molecule has 1 fully saturated rings. The van der Waals surface area contributed by atoms with Crippen LogP contribution in [0.1, 0.15) is 24.1 Å². The molecule has 1 aromatic carbocycles. The third kappa shape index (κ3) is 4.93. The topological polar surface area (TPSA) is 32.3 Å². The highest BCUT2D eigenvalue weighted by Crippen LogP contribution is 2.37. The highest BCUT2D eigenvalue weighted by molar-refractivity contribution is 7.99. The van der Waals surface area contributed by atoms with Crippen LogP contribution in [0.25, 0.3) is 0 Å². The predicted octanol–water partition coefficient (Wildman–Crippen LogP) is 4.49. The van der Waals surface area contributed by atoms with E-state index in [4.69, 9.17) is 0 Å². The molecule has 0 aliphatic carbocycles. The second-order valence-electron chi connectivity index (χ2n) is 6.98. The Kier molecular flexibility index (Phi) is 5.95. The van der Waals surface area contributed by atoms with Gasteiger partial charge in [-0.1, -0.05) is 6.07 Å². The van der Waals surface area contributed by atoms with Crippen LogP contribution >= 0.6 is 11.8 Å². The number of hydrogen-bond donors (Lipinski definition) is 0.